The Morgan fingerprint density at radius 2 is 2.15 bits per heavy atom. The van der Waals surface area contributed by atoms with Crippen LogP contribution in [0.2, 0.25) is 5.28 Å². The first-order chi connectivity index (χ1) is 12.8. The lowest BCUT2D eigenvalue weighted by molar-refractivity contribution is 0.0522. The van der Waals surface area contributed by atoms with Crippen LogP contribution < -0.4 is 4.90 Å². The number of nitriles is 1. The van der Waals surface area contributed by atoms with Crippen LogP contribution in [-0.4, -0.2) is 38.0 Å². The Bertz CT molecular complexity index is 1030. The minimum atomic E-state index is -0.620. The number of rotatable bonds is 3. The van der Waals surface area contributed by atoms with Gasteiger partial charge in [-0.15, -0.1) is 0 Å². The van der Waals surface area contributed by atoms with Crippen LogP contribution in [0.15, 0.2) is 36.7 Å². The van der Waals surface area contributed by atoms with Crippen molar-refractivity contribution in [3.63, 3.8) is 0 Å². The maximum Gasteiger partial charge on any atom is 0.435 e. The molecule has 0 fully saturated rings. The maximum absolute atomic E-state index is 12.3. The molecule has 0 spiro atoms. The molecule has 1 aromatic carbocycles. The van der Waals surface area contributed by atoms with Gasteiger partial charge in [-0.25, -0.2) is 14.8 Å². The number of ether oxygens (including phenoxy) is 1. The predicted octanol–water partition coefficient (Wildman–Crippen LogP) is 3.92. The van der Waals surface area contributed by atoms with E-state index in [1.807, 2.05) is 6.07 Å². The van der Waals surface area contributed by atoms with E-state index >= 15 is 0 Å². The lowest BCUT2D eigenvalue weighted by Gasteiger charge is -2.21. The molecular formula is C18H17ClN6O2. The van der Waals surface area contributed by atoms with E-state index in [0.29, 0.717) is 17.0 Å². The number of halogens is 1. The summed E-state index contributed by atoms with van der Waals surface area (Å²) < 4.78 is 6.57. The Morgan fingerprint density at radius 1 is 1.37 bits per heavy atom. The number of nitrogens with zero attached hydrogens (tertiary/aromatic N) is 6. The van der Waals surface area contributed by atoms with Gasteiger partial charge in [0.15, 0.2) is 0 Å². The average Bonchev–Trinajstić information content (AvgIpc) is 3.01. The van der Waals surface area contributed by atoms with Gasteiger partial charge in [-0.1, -0.05) is 0 Å². The molecule has 0 N–H and O–H groups in total. The molecule has 0 atom stereocenters. The molecule has 27 heavy (non-hydrogen) atoms. The molecule has 3 aromatic rings. The van der Waals surface area contributed by atoms with E-state index in [1.54, 1.807) is 50.1 Å². The van der Waals surface area contributed by atoms with Gasteiger partial charge >= 0.3 is 6.09 Å². The van der Waals surface area contributed by atoms with Crippen LogP contribution in [0.5, 0.6) is 0 Å². The normalized spacial score (nSPS) is 11.2. The summed E-state index contributed by atoms with van der Waals surface area (Å²) in [5.74, 6) is 0.496. The standard InChI is InChI=1S/C18H17ClN6O2/c1-18(2,3)27-17(26)25-14-5-4-13(10-12(14)11-22-25)24(9-7-20)15-6-8-21-16(19)23-15/h4-6,8,10-11H,9H2,1-3H3. The van der Waals surface area contributed by atoms with Crippen LogP contribution in [0.3, 0.4) is 0 Å². The van der Waals surface area contributed by atoms with Gasteiger partial charge in [-0.3, -0.25) is 0 Å². The molecule has 0 amide bonds. The van der Waals surface area contributed by atoms with Crippen LogP contribution in [-0.2, 0) is 4.74 Å². The summed E-state index contributed by atoms with van der Waals surface area (Å²) >= 11 is 5.87. The first-order valence-electron chi connectivity index (χ1n) is 8.13. The second-order valence-electron chi connectivity index (χ2n) is 6.71. The van der Waals surface area contributed by atoms with Gasteiger partial charge in [-0.05, 0) is 56.6 Å². The minimum Gasteiger partial charge on any atom is -0.442 e. The Balaban J connectivity index is 1.99. The third-order valence-electron chi connectivity index (χ3n) is 3.55. The highest BCUT2D eigenvalue weighted by atomic mass is 35.5. The van der Waals surface area contributed by atoms with Crippen LogP contribution in [0.4, 0.5) is 16.3 Å². The van der Waals surface area contributed by atoms with Gasteiger partial charge in [0, 0.05) is 17.3 Å². The highest BCUT2D eigenvalue weighted by molar-refractivity contribution is 6.28. The number of aromatic nitrogens is 4. The lowest BCUT2D eigenvalue weighted by atomic mass is 10.2. The van der Waals surface area contributed by atoms with Gasteiger partial charge < -0.3 is 9.64 Å². The second kappa shape index (κ2) is 7.21. The lowest BCUT2D eigenvalue weighted by Crippen LogP contribution is -2.27. The molecule has 3 rings (SSSR count). The van der Waals surface area contributed by atoms with Gasteiger partial charge in [0.1, 0.15) is 18.0 Å². The zero-order valence-electron chi connectivity index (χ0n) is 15.0. The highest BCUT2D eigenvalue weighted by Crippen LogP contribution is 2.28. The topological polar surface area (TPSA) is 96.9 Å². The predicted molar refractivity (Wildman–Crippen MR) is 101 cm³/mol. The monoisotopic (exact) mass is 384 g/mol. The molecule has 0 aliphatic carbocycles. The molecule has 0 saturated carbocycles. The summed E-state index contributed by atoms with van der Waals surface area (Å²) in [6.45, 7) is 5.45. The van der Waals surface area contributed by atoms with Crippen LogP contribution in [0, 0.1) is 11.3 Å². The molecule has 2 aromatic heterocycles. The van der Waals surface area contributed by atoms with Gasteiger partial charge in [-0.2, -0.15) is 15.0 Å². The van der Waals surface area contributed by atoms with Crippen LogP contribution >= 0.6 is 11.6 Å². The quantitative estimate of drug-likeness (QED) is 0.498. The molecule has 0 unspecified atom stereocenters. The highest BCUT2D eigenvalue weighted by Gasteiger charge is 2.20. The van der Waals surface area contributed by atoms with Crippen molar-refractivity contribution in [1.82, 2.24) is 19.7 Å². The summed E-state index contributed by atoms with van der Waals surface area (Å²) in [7, 11) is 0. The molecular weight excluding hydrogens is 368 g/mol. The molecule has 8 nitrogen and oxygen atoms in total. The van der Waals surface area contributed by atoms with E-state index in [-0.39, 0.29) is 11.8 Å². The van der Waals surface area contributed by atoms with E-state index in [0.717, 1.165) is 5.39 Å². The fourth-order valence-corrected chi connectivity index (χ4v) is 2.63. The number of fused-ring (bicyclic) bond motifs is 1. The van der Waals surface area contributed by atoms with Gasteiger partial charge in [0.2, 0.25) is 5.28 Å². The number of hydrogen-bond acceptors (Lipinski definition) is 7. The number of carbonyl (C=O) groups excluding carboxylic acids is 1. The van der Waals surface area contributed by atoms with E-state index in [2.05, 4.69) is 21.1 Å². The number of carbonyl (C=O) groups is 1. The van der Waals surface area contributed by atoms with Crippen molar-refractivity contribution in [1.29, 1.82) is 5.26 Å². The van der Waals surface area contributed by atoms with Crippen molar-refractivity contribution < 1.29 is 9.53 Å². The number of benzene rings is 1. The van der Waals surface area contributed by atoms with E-state index in [4.69, 9.17) is 16.3 Å². The number of anilines is 2. The van der Waals surface area contributed by atoms with E-state index < -0.39 is 11.7 Å². The molecule has 0 saturated heterocycles. The first kappa shape index (κ1) is 18.6. The largest absolute Gasteiger partial charge is 0.442 e. The fourth-order valence-electron chi connectivity index (χ4n) is 2.49. The summed E-state index contributed by atoms with van der Waals surface area (Å²) in [6, 6.07) is 9.11. The summed E-state index contributed by atoms with van der Waals surface area (Å²) in [5.41, 5.74) is 0.693. The molecule has 0 aliphatic rings. The molecule has 0 bridgehead atoms. The molecule has 0 aliphatic heterocycles. The van der Waals surface area contributed by atoms with Crippen molar-refractivity contribution in [3.05, 3.63) is 41.9 Å². The van der Waals surface area contributed by atoms with Crippen LogP contribution in [0.1, 0.15) is 20.8 Å². The second-order valence-corrected chi connectivity index (χ2v) is 7.05. The molecule has 2 heterocycles. The van der Waals surface area contributed by atoms with Crippen molar-refractivity contribution in [2.75, 3.05) is 11.4 Å². The third kappa shape index (κ3) is 4.15. The van der Waals surface area contributed by atoms with Crippen molar-refractivity contribution in [2.45, 2.75) is 26.4 Å². The smallest absolute Gasteiger partial charge is 0.435 e. The van der Waals surface area contributed by atoms with E-state index in [9.17, 15) is 10.1 Å². The summed E-state index contributed by atoms with van der Waals surface area (Å²) in [4.78, 5) is 22.0. The first-order valence-corrected chi connectivity index (χ1v) is 8.50. The van der Waals surface area contributed by atoms with Gasteiger partial charge in [0.25, 0.3) is 0 Å². The summed E-state index contributed by atoms with van der Waals surface area (Å²) in [6.07, 6.45) is 2.54. The Kier molecular flexibility index (Phi) is 4.97. The van der Waals surface area contributed by atoms with Gasteiger partial charge in [0.05, 0.1) is 17.8 Å². The zero-order chi connectivity index (χ0) is 19.6. The number of hydrogen-bond donors (Lipinski definition) is 0. The Morgan fingerprint density at radius 3 is 2.81 bits per heavy atom. The summed E-state index contributed by atoms with van der Waals surface area (Å²) in [5, 5.41) is 14.1. The molecule has 138 valence electrons. The minimum absolute atomic E-state index is 0.0685. The average molecular weight is 385 g/mol. The van der Waals surface area contributed by atoms with Crippen molar-refractivity contribution in [2.24, 2.45) is 0 Å². The molecule has 9 heteroatoms. The van der Waals surface area contributed by atoms with Crippen molar-refractivity contribution in [3.8, 4) is 6.07 Å². The van der Waals surface area contributed by atoms with E-state index in [1.165, 1.54) is 10.9 Å². The Labute approximate surface area is 161 Å². The maximum atomic E-state index is 12.3. The van der Waals surface area contributed by atoms with Crippen LogP contribution in [0.25, 0.3) is 10.9 Å². The SMILES string of the molecule is CC(C)(C)OC(=O)n1ncc2cc(N(CC#N)c3ccnc(Cl)n3)ccc21. The Hall–Kier alpha value is -3.18. The zero-order valence-corrected chi connectivity index (χ0v) is 15.8. The van der Waals surface area contributed by atoms with Crippen molar-refractivity contribution >= 4 is 40.1 Å². The fraction of sp³-hybridized carbons (Fsp3) is 0.278. The molecule has 0 radical (unpaired) electrons. The third-order valence-corrected chi connectivity index (χ3v) is 3.73.